The molecule has 2 aromatic carbocycles. The molecule has 2 aromatic rings. The quantitative estimate of drug-likeness (QED) is 0.600. The van der Waals surface area contributed by atoms with E-state index in [0.29, 0.717) is 16.7 Å². The standard InChI is InChI=1S/C19H21F3/c1-11(2)16-9-13(4)10-17(19(20,21)22)18(16)15-7-6-12(3)8-14(15)5/h6-11H,1-5H3. The summed E-state index contributed by atoms with van der Waals surface area (Å²) in [7, 11) is 0. The SMILES string of the molecule is Cc1ccc(-c2c(C(C)C)cc(C)cc2C(F)(F)F)c(C)c1. The summed E-state index contributed by atoms with van der Waals surface area (Å²) in [5.41, 5.74) is 3.77. The zero-order valence-corrected chi connectivity index (χ0v) is 13.6. The van der Waals surface area contributed by atoms with E-state index in [9.17, 15) is 13.2 Å². The Hall–Kier alpha value is -1.77. The third-order valence-electron chi connectivity index (χ3n) is 3.89. The van der Waals surface area contributed by atoms with E-state index in [2.05, 4.69) is 0 Å². The van der Waals surface area contributed by atoms with Gasteiger partial charge in [0, 0.05) is 0 Å². The van der Waals surface area contributed by atoms with Crippen molar-refractivity contribution in [1.29, 1.82) is 0 Å². The van der Waals surface area contributed by atoms with Gasteiger partial charge in [-0.2, -0.15) is 13.2 Å². The highest BCUT2D eigenvalue weighted by Crippen LogP contribution is 2.43. The van der Waals surface area contributed by atoms with Gasteiger partial charge in [0.25, 0.3) is 0 Å². The average Bonchev–Trinajstić information content (AvgIpc) is 2.37. The Morgan fingerprint density at radius 1 is 0.864 bits per heavy atom. The first-order chi connectivity index (χ1) is 10.1. The monoisotopic (exact) mass is 306 g/mol. The summed E-state index contributed by atoms with van der Waals surface area (Å²) in [4.78, 5) is 0. The fourth-order valence-electron chi connectivity index (χ4n) is 2.89. The smallest absolute Gasteiger partial charge is 0.166 e. The Balaban J connectivity index is 2.87. The molecule has 0 aliphatic carbocycles. The predicted octanol–water partition coefficient (Wildman–Crippen LogP) is 6.42. The molecule has 0 nitrogen and oxygen atoms in total. The van der Waals surface area contributed by atoms with Gasteiger partial charge in [0.15, 0.2) is 0 Å². The summed E-state index contributed by atoms with van der Waals surface area (Å²) in [5.74, 6) is 0.0247. The van der Waals surface area contributed by atoms with E-state index in [1.54, 1.807) is 13.0 Å². The molecule has 0 saturated carbocycles. The number of hydrogen-bond acceptors (Lipinski definition) is 0. The van der Waals surface area contributed by atoms with Crippen molar-refractivity contribution >= 4 is 0 Å². The molecule has 0 aromatic heterocycles. The summed E-state index contributed by atoms with van der Waals surface area (Å²) in [5, 5.41) is 0. The van der Waals surface area contributed by atoms with Crippen molar-refractivity contribution in [3.63, 3.8) is 0 Å². The second kappa shape index (κ2) is 5.79. The maximum atomic E-state index is 13.6. The van der Waals surface area contributed by atoms with E-state index in [4.69, 9.17) is 0 Å². The van der Waals surface area contributed by atoms with Crippen molar-refractivity contribution in [3.8, 4) is 11.1 Å². The van der Waals surface area contributed by atoms with Gasteiger partial charge in [-0.15, -0.1) is 0 Å². The van der Waals surface area contributed by atoms with Crippen molar-refractivity contribution in [1.82, 2.24) is 0 Å². The highest BCUT2D eigenvalue weighted by molar-refractivity contribution is 5.76. The summed E-state index contributed by atoms with van der Waals surface area (Å²) < 4.78 is 40.7. The van der Waals surface area contributed by atoms with Crippen molar-refractivity contribution in [2.45, 2.75) is 46.7 Å². The van der Waals surface area contributed by atoms with Crippen molar-refractivity contribution in [2.75, 3.05) is 0 Å². The van der Waals surface area contributed by atoms with Gasteiger partial charge >= 0.3 is 6.18 Å². The molecule has 0 radical (unpaired) electrons. The molecule has 3 heteroatoms. The molecule has 0 atom stereocenters. The number of hydrogen-bond donors (Lipinski definition) is 0. The van der Waals surface area contributed by atoms with E-state index in [-0.39, 0.29) is 5.92 Å². The van der Waals surface area contributed by atoms with Gasteiger partial charge in [-0.05, 0) is 55.0 Å². The number of rotatable bonds is 2. The fraction of sp³-hybridized carbons (Fsp3) is 0.368. The molecule has 2 rings (SSSR count). The van der Waals surface area contributed by atoms with Crippen LogP contribution in [0.1, 0.15) is 47.6 Å². The molecular formula is C19H21F3. The van der Waals surface area contributed by atoms with Gasteiger partial charge in [-0.3, -0.25) is 0 Å². The minimum atomic E-state index is -4.36. The largest absolute Gasteiger partial charge is 0.417 e. The number of alkyl halides is 3. The van der Waals surface area contributed by atoms with E-state index < -0.39 is 11.7 Å². The summed E-state index contributed by atoms with van der Waals surface area (Å²) in [6, 6.07) is 8.72. The van der Waals surface area contributed by atoms with Gasteiger partial charge in [0.1, 0.15) is 0 Å². The molecule has 118 valence electrons. The highest BCUT2D eigenvalue weighted by atomic mass is 19.4. The van der Waals surface area contributed by atoms with Gasteiger partial charge < -0.3 is 0 Å². The highest BCUT2D eigenvalue weighted by Gasteiger charge is 2.35. The third-order valence-corrected chi connectivity index (χ3v) is 3.89. The van der Waals surface area contributed by atoms with Gasteiger partial charge in [-0.25, -0.2) is 0 Å². The molecule has 0 amide bonds. The second-order valence-electron chi connectivity index (χ2n) is 6.25. The molecule has 0 N–H and O–H groups in total. The number of halogens is 3. The van der Waals surface area contributed by atoms with E-state index >= 15 is 0 Å². The van der Waals surface area contributed by atoms with Crippen molar-refractivity contribution in [3.05, 3.63) is 58.1 Å². The van der Waals surface area contributed by atoms with Crippen molar-refractivity contribution < 1.29 is 13.2 Å². The lowest BCUT2D eigenvalue weighted by Crippen LogP contribution is -2.11. The van der Waals surface area contributed by atoms with Crippen LogP contribution < -0.4 is 0 Å². The van der Waals surface area contributed by atoms with Crippen LogP contribution in [0.5, 0.6) is 0 Å². The maximum absolute atomic E-state index is 13.6. The van der Waals surface area contributed by atoms with Crippen LogP contribution in [-0.4, -0.2) is 0 Å². The van der Waals surface area contributed by atoms with E-state index in [1.165, 1.54) is 6.07 Å². The van der Waals surface area contributed by atoms with Gasteiger partial charge in [0.05, 0.1) is 5.56 Å². The lowest BCUT2D eigenvalue weighted by atomic mass is 9.85. The minimum absolute atomic E-state index is 0.0247. The van der Waals surface area contributed by atoms with Gasteiger partial charge in [0.2, 0.25) is 0 Å². The molecule has 0 aliphatic heterocycles. The van der Waals surface area contributed by atoms with Crippen LogP contribution in [0.3, 0.4) is 0 Å². The van der Waals surface area contributed by atoms with Crippen LogP contribution in [0.15, 0.2) is 30.3 Å². The van der Waals surface area contributed by atoms with Crippen LogP contribution in [0.4, 0.5) is 13.2 Å². The molecular weight excluding hydrogens is 285 g/mol. The molecule has 0 aliphatic rings. The molecule has 0 fully saturated rings. The van der Waals surface area contributed by atoms with E-state index in [1.807, 2.05) is 45.9 Å². The predicted molar refractivity (Wildman–Crippen MR) is 85.2 cm³/mol. The van der Waals surface area contributed by atoms with Crippen LogP contribution in [0, 0.1) is 20.8 Å². The first-order valence-electron chi connectivity index (χ1n) is 7.40. The molecule has 0 saturated heterocycles. The normalized spacial score (nSPS) is 12.0. The lowest BCUT2D eigenvalue weighted by molar-refractivity contribution is -0.137. The zero-order chi connectivity index (χ0) is 16.7. The summed E-state index contributed by atoms with van der Waals surface area (Å²) in [6.07, 6.45) is -4.36. The average molecular weight is 306 g/mol. The Labute approximate surface area is 130 Å². The number of benzene rings is 2. The van der Waals surface area contributed by atoms with E-state index in [0.717, 1.165) is 16.7 Å². The van der Waals surface area contributed by atoms with Crippen LogP contribution in [0.2, 0.25) is 0 Å². The Bertz CT molecular complexity index is 695. The Morgan fingerprint density at radius 2 is 1.50 bits per heavy atom. The van der Waals surface area contributed by atoms with Crippen LogP contribution in [0.25, 0.3) is 11.1 Å². The molecule has 0 heterocycles. The lowest BCUT2D eigenvalue weighted by Gasteiger charge is -2.22. The first-order valence-corrected chi connectivity index (χ1v) is 7.40. The summed E-state index contributed by atoms with van der Waals surface area (Å²) >= 11 is 0. The Kier molecular flexibility index (Phi) is 4.37. The molecule has 0 unspecified atom stereocenters. The van der Waals surface area contributed by atoms with Crippen LogP contribution in [-0.2, 0) is 6.18 Å². The maximum Gasteiger partial charge on any atom is 0.417 e. The molecule has 0 spiro atoms. The second-order valence-corrected chi connectivity index (χ2v) is 6.25. The summed E-state index contributed by atoms with van der Waals surface area (Å²) in [6.45, 7) is 9.39. The topological polar surface area (TPSA) is 0 Å². The molecule has 22 heavy (non-hydrogen) atoms. The fourth-order valence-corrected chi connectivity index (χ4v) is 2.89. The minimum Gasteiger partial charge on any atom is -0.166 e. The first kappa shape index (κ1) is 16.6. The number of aryl methyl sites for hydroxylation is 3. The Morgan fingerprint density at radius 3 is 2.00 bits per heavy atom. The molecule has 0 bridgehead atoms. The zero-order valence-electron chi connectivity index (χ0n) is 13.6. The van der Waals surface area contributed by atoms with Crippen LogP contribution >= 0.6 is 0 Å². The van der Waals surface area contributed by atoms with Crippen molar-refractivity contribution in [2.24, 2.45) is 0 Å². The third kappa shape index (κ3) is 3.18. The van der Waals surface area contributed by atoms with Gasteiger partial charge in [-0.1, -0.05) is 49.2 Å².